The van der Waals surface area contributed by atoms with Gasteiger partial charge in [-0.25, -0.2) is 8.78 Å². The van der Waals surface area contributed by atoms with Gasteiger partial charge < -0.3 is 10.1 Å². The van der Waals surface area contributed by atoms with Gasteiger partial charge in [-0.2, -0.15) is 0 Å². The van der Waals surface area contributed by atoms with Gasteiger partial charge in [-0.1, -0.05) is 19.9 Å². The number of rotatable bonds is 4. The first kappa shape index (κ1) is 14.4. The van der Waals surface area contributed by atoms with E-state index in [-0.39, 0.29) is 23.6 Å². The van der Waals surface area contributed by atoms with Crippen molar-refractivity contribution in [2.24, 2.45) is 5.41 Å². The molecule has 0 saturated heterocycles. The van der Waals surface area contributed by atoms with Gasteiger partial charge in [0, 0.05) is 36.2 Å². The molecule has 0 aliphatic heterocycles. The number of hydrogen-bond acceptors (Lipinski definition) is 2. The molecule has 1 aliphatic rings. The standard InChI is InChI=1S/C15H21F2NO/c1-9(11-6-5-10(16)7-12(11)17)18-13-8-14(19-4)15(13,2)3/h5-7,9,13-14,18H,8H2,1-4H3. The predicted octanol–water partition coefficient (Wildman–Crippen LogP) is 3.43. The molecule has 0 bridgehead atoms. The van der Waals surface area contributed by atoms with Crippen LogP contribution < -0.4 is 5.32 Å². The van der Waals surface area contributed by atoms with Crippen molar-refractivity contribution in [3.05, 3.63) is 35.4 Å². The third-order valence-corrected chi connectivity index (χ3v) is 4.34. The van der Waals surface area contributed by atoms with E-state index in [1.165, 1.54) is 12.1 Å². The van der Waals surface area contributed by atoms with Gasteiger partial charge in [0.15, 0.2) is 0 Å². The number of methoxy groups -OCH3 is 1. The van der Waals surface area contributed by atoms with E-state index in [4.69, 9.17) is 4.74 Å². The Labute approximate surface area is 113 Å². The van der Waals surface area contributed by atoms with Crippen molar-refractivity contribution in [2.45, 2.75) is 45.4 Å². The van der Waals surface area contributed by atoms with Crippen LogP contribution in [0.4, 0.5) is 8.78 Å². The maximum absolute atomic E-state index is 13.7. The summed E-state index contributed by atoms with van der Waals surface area (Å²) in [5.41, 5.74) is 0.526. The van der Waals surface area contributed by atoms with E-state index < -0.39 is 11.6 Å². The van der Waals surface area contributed by atoms with Gasteiger partial charge in [-0.15, -0.1) is 0 Å². The maximum atomic E-state index is 13.7. The predicted molar refractivity (Wildman–Crippen MR) is 70.9 cm³/mol. The molecule has 0 radical (unpaired) electrons. The quantitative estimate of drug-likeness (QED) is 0.904. The van der Waals surface area contributed by atoms with Crippen molar-refractivity contribution < 1.29 is 13.5 Å². The number of hydrogen-bond donors (Lipinski definition) is 1. The molecule has 1 aromatic rings. The number of benzene rings is 1. The fraction of sp³-hybridized carbons (Fsp3) is 0.600. The topological polar surface area (TPSA) is 21.3 Å². The maximum Gasteiger partial charge on any atom is 0.130 e. The van der Waals surface area contributed by atoms with Gasteiger partial charge in [0.2, 0.25) is 0 Å². The SMILES string of the molecule is COC1CC(NC(C)c2ccc(F)cc2F)C1(C)C. The highest BCUT2D eigenvalue weighted by Gasteiger charge is 2.48. The Bertz CT molecular complexity index is 461. The van der Waals surface area contributed by atoms with Crippen molar-refractivity contribution in [1.82, 2.24) is 5.32 Å². The zero-order chi connectivity index (χ0) is 14.2. The van der Waals surface area contributed by atoms with Crippen LogP contribution >= 0.6 is 0 Å². The first-order chi connectivity index (χ1) is 8.86. The summed E-state index contributed by atoms with van der Waals surface area (Å²) in [4.78, 5) is 0. The summed E-state index contributed by atoms with van der Waals surface area (Å²) in [6.45, 7) is 6.17. The van der Waals surface area contributed by atoms with E-state index in [2.05, 4.69) is 19.2 Å². The Morgan fingerprint density at radius 3 is 2.58 bits per heavy atom. The van der Waals surface area contributed by atoms with E-state index in [0.717, 1.165) is 12.5 Å². The molecule has 0 amide bonds. The first-order valence-corrected chi connectivity index (χ1v) is 6.60. The molecule has 106 valence electrons. The average Bonchev–Trinajstić information content (AvgIpc) is 2.33. The zero-order valence-electron chi connectivity index (χ0n) is 11.8. The molecule has 2 rings (SSSR count). The lowest BCUT2D eigenvalue weighted by Crippen LogP contribution is -2.61. The summed E-state index contributed by atoms with van der Waals surface area (Å²) < 4.78 is 32.0. The highest BCUT2D eigenvalue weighted by Crippen LogP contribution is 2.43. The van der Waals surface area contributed by atoms with Crippen LogP contribution in [0.3, 0.4) is 0 Å². The molecule has 3 unspecified atom stereocenters. The van der Waals surface area contributed by atoms with Gasteiger partial charge in [0.05, 0.1) is 6.10 Å². The number of nitrogens with one attached hydrogen (secondary N) is 1. The minimum absolute atomic E-state index is 0.0273. The zero-order valence-corrected chi connectivity index (χ0v) is 11.8. The van der Waals surface area contributed by atoms with Crippen LogP contribution in [0.25, 0.3) is 0 Å². The molecule has 1 saturated carbocycles. The van der Waals surface area contributed by atoms with Gasteiger partial charge in [0.1, 0.15) is 11.6 Å². The highest BCUT2D eigenvalue weighted by molar-refractivity contribution is 5.22. The molecule has 0 heterocycles. The first-order valence-electron chi connectivity index (χ1n) is 6.60. The summed E-state index contributed by atoms with van der Waals surface area (Å²) in [7, 11) is 1.71. The van der Waals surface area contributed by atoms with E-state index in [1.807, 2.05) is 6.92 Å². The van der Waals surface area contributed by atoms with Crippen LogP contribution in [0.1, 0.15) is 38.8 Å². The minimum Gasteiger partial charge on any atom is -0.381 e. The summed E-state index contributed by atoms with van der Waals surface area (Å²) in [6.07, 6.45) is 1.15. The molecular formula is C15H21F2NO. The van der Waals surface area contributed by atoms with Crippen molar-refractivity contribution in [1.29, 1.82) is 0 Å². The van der Waals surface area contributed by atoms with Crippen molar-refractivity contribution in [3.63, 3.8) is 0 Å². The number of halogens is 2. The van der Waals surface area contributed by atoms with Crippen LogP contribution in [0.15, 0.2) is 18.2 Å². The molecule has 1 fully saturated rings. The third-order valence-electron chi connectivity index (χ3n) is 4.34. The van der Waals surface area contributed by atoms with Crippen LogP contribution in [0.2, 0.25) is 0 Å². The van der Waals surface area contributed by atoms with E-state index in [9.17, 15) is 8.78 Å². The average molecular weight is 269 g/mol. The van der Waals surface area contributed by atoms with Gasteiger partial charge in [-0.05, 0) is 19.4 Å². The van der Waals surface area contributed by atoms with Crippen LogP contribution in [-0.2, 0) is 4.74 Å². The van der Waals surface area contributed by atoms with Crippen molar-refractivity contribution in [3.8, 4) is 0 Å². The second-order valence-corrected chi connectivity index (χ2v) is 5.89. The lowest BCUT2D eigenvalue weighted by atomic mass is 9.64. The Balaban J connectivity index is 2.04. The molecule has 0 spiro atoms. The van der Waals surface area contributed by atoms with Crippen LogP contribution in [-0.4, -0.2) is 19.3 Å². The molecule has 4 heteroatoms. The summed E-state index contributed by atoms with van der Waals surface area (Å²) in [6, 6.07) is 3.85. The highest BCUT2D eigenvalue weighted by atomic mass is 19.1. The monoisotopic (exact) mass is 269 g/mol. The Morgan fingerprint density at radius 1 is 1.37 bits per heavy atom. The summed E-state index contributed by atoms with van der Waals surface area (Å²) in [5, 5.41) is 3.41. The number of ether oxygens (including phenoxy) is 1. The molecule has 19 heavy (non-hydrogen) atoms. The second kappa shape index (κ2) is 5.17. The summed E-state index contributed by atoms with van der Waals surface area (Å²) >= 11 is 0. The fourth-order valence-electron chi connectivity index (χ4n) is 2.81. The largest absolute Gasteiger partial charge is 0.381 e. The minimum atomic E-state index is -0.545. The molecule has 1 aromatic carbocycles. The lowest BCUT2D eigenvalue weighted by molar-refractivity contribution is -0.1000. The van der Waals surface area contributed by atoms with Gasteiger partial charge in [0.25, 0.3) is 0 Å². The second-order valence-electron chi connectivity index (χ2n) is 5.89. The fourth-order valence-corrected chi connectivity index (χ4v) is 2.81. The van der Waals surface area contributed by atoms with Crippen molar-refractivity contribution in [2.75, 3.05) is 7.11 Å². The molecule has 1 aliphatic carbocycles. The molecule has 1 N–H and O–H groups in total. The smallest absolute Gasteiger partial charge is 0.130 e. The third kappa shape index (κ3) is 2.65. The molecule has 0 aromatic heterocycles. The lowest BCUT2D eigenvalue weighted by Gasteiger charge is -2.52. The van der Waals surface area contributed by atoms with E-state index >= 15 is 0 Å². The van der Waals surface area contributed by atoms with Crippen LogP contribution in [0.5, 0.6) is 0 Å². The Morgan fingerprint density at radius 2 is 2.05 bits per heavy atom. The molecule has 2 nitrogen and oxygen atoms in total. The Kier molecular flexibility index (Phi) is 3.92. The van der Waals surface area contributed by atoms with E-state index in [1.54, 1.807) is 7.11 Å². The van der Waals surface area contributed by atoms with Gasteiger partial charge >= 0.3 is 0 Å². The van der Waals surface area contributed by atoms with E-state index in [0.29, 0.717) is 5.56 Å². The summed E-state index contributed by atoms with van der Waals surface area (Å²) in [5.74, 6) is -1.04. The molecular weight excluding hydrogens is 248 g/mol. The normalized spacial score (nSPS) is 26.8. The Hall–Kier alpha value is -1.00. The van der Waals surface area contributed by atoms with Crippen LogP contribution in [0, 0.1) is 17.0 Å². The molecule has 3 atom stereocenters. The van der Waals surface area contributed by atoms with Crippen molar-refractivity contribution >= 4 is 0 Å². The van der Waals surface area contributed by atoms with Gasteiger partial charge in [-0.3, -0.25) is 0 Å².